The van der Waals surface area contributed by atoms with E-state index in [2.05, 4.69) is 39.3 Å². The number of nitrogens with two attached hydrogens (primary N) is 1. The second kappa shape index (κ2) is 10.2. The molecule has 9 nitrogen and oxygen atoms in total. The van der Waals surface area contributed by atoms with E-state index < -0.39 is 5.91 Å². The highest BCUT2D eigenvalue weighted by atomic mass is 32.1. The van der Waals surface area contributed by atoms with Crippen molar-refractivity contribution in [2.75, 3.05) is 29.9 Å². The number of fused-ring (bicyclic) bond motifs is 1. The predicted molar refractivity (Wildman–Crippen MR) is 133 cm³/mol. The van der Waals surface area contributed by atoms with E-state index in [1.807, 2.05) is 0 Å². The molecule has 0 atom stereocenters. The summed E-state index contributed by atoms with van der Waals surface area (Å²) in [6.45, 7) is 5.77. The van der Waals surface area contributed by atoms with Gasteiger partial charge in [-0.25, -0.2) is 9.97 Å². The van der Waals surface area contributed by atoms with Crippen molar-refractivity contribution >= 4 is 50.8 Å². The molecule has 2 aromatic heterocycles. The number of piperidine rings is 1. The summed E-state index contributed by atoms with van der Waals surface area (Å²) >= 11 is 1.68. The number of para-hydroxylation sites is 1. The summed E-state index contributed by atoms with van der Waals surface area (Å²) in [6.07, 6.45) is 3.04. The third-order valence-corrected chi connectivity index (χ3v) is 7.31. The normalized spacial score (nSPS) is 14.2. The summed E-state index contributed by atoms with van der Waals surface area (Å²) in [4.78, 5) is 49.9. The Balaban J connectivity index is 1.40. The summed E-state index contributed by atoms with van der Waals surface area (Å²) in [7, 11) is 0. The van der Waals surface area contributed by atoms with Gasteiger partial charge in [-0.2, -0.15) is 0 Å². The maximum Gasteiger partial charge on any atom is 0.253 e. The Morgan fingerprint density at radius 3 is 2.62 bits per heavy atom. The summed E-state index contributed by atoms with van der Waals surface area (Å²) < 4.78 is 0. The number of aryl methyl sites for hydroxylation is 2. The first-order valence-electron chi connectivity index (χ1n) is 11.3. The molecule has 1 aliphatic rings. The molecule has 10 heteroatoms. The van der Waals surface area contributed by atoms with E-state index in [1.165, 1.54) is 10.4 Å². The molecule has 0 aliphatic carbocycles. The van der Waals surface area contributed by atoms with Crippen molar-refractivity contribution in [2.45, 2.75) is 33.1 Å². The molecule has 0 unspecified atom stereocenters. The van der Waals surface area contributed by atoms with E-state index in [-0.39, 0.29) is 30.7 Å². The van der Waals surface area contributed by atoms with Crippen LogP contribution in [0, 0.1) is 19.8 Å². The van der Waals surface area contributed by atoms with Gasteiger partial charge in [0.25, 0.3) is 5.91 Å². The maximum atomic E-state index is 13.0. The van der Waals surface area contributed by atoms with Crippen molar-refractivity contribution in [2.24, 2.45) is 11.7 Å². The van der Waals surface area contributed by atoms with Gasteiger partial charge in [0, 0.05) is 36.9 Å². The number of carbonyl (C=O) groups excluding carboxylic acids is 3. The van der Waals surface area contributed by atoms with Gasteiger partial charge in [0.1, 0.15) is 17.0 Å². The third-order valence-electron chi connectivity index (χ3n) is 6.20. The number of hydrogen-bond donors (Lipinski definition) is 3. The van der Waals surface area contributed by atoms with E-state index in [4.69, 9.17) is 5.73 Å². The SMILES string of the molecule is Cc1sc2ncnc(N3CCC(C(=O)Nc4ccccc4C(=O)NCCC(N)=O)CC3)c2c1C. The highest BCUT2D eigenvalue weighted by Gasteiger charge is 2.28. The maximum absolute atomic E-state index is 13.0. The minimum absolute atomic E-state index is 0.0575. The van der Waals surface area contributed by atoms with Crippen LogP contribution in [-0.4, -0.2) is 47.3 Å². The molecule has 1 aliphatic heterocycles. The van der Waals surface area contributed by atoms with Crippen LogP contribution in [0.1, 0.15) is 40.1 Å². The third kappa shape index (κ3) is 5.01. The average molecular weight is 481 g/mol. The van der Waals surface area contributed by atoms with Crippen LogP contribution in [0.3, 0.4) is 0 Å². The Hall–Kier alpha value is -3.53. The second-order valence-corrected chi connectivity index (χ2v) is 9.63. The second-order valence-electron chi connectivity index (χ2n) is 8.43. The number of hydrogen-bond acceptors (Lipinski definition) is 7. The van der Waals surface area contributed by atoms with Crippen molar-refractivity contribution in [1.29, 1.82) is 0 Å². The first-order chi connectivity index (χ1) is 16.3. The molecule has 4 rings (SSSR count). The molecule has 1 fully saturated rings. The molecular weight excluding hydrogens is 452 g/mol. The van der Waals surface area contributed by atoms with Gasteiger partial charge in [-0.15, -0.1) is 11.3 Å². The molecule has 3 amide bonds. The molecule has 3 heterocycles. The lowest BCUT2D eigenvalue weighted by molar-refractivity contribution is -0.120. The number of aromatic nitrogens is 2. The largest absolute Gasteiger partial charge is 0.370 e. The van der Waals surface area contributed by atoms with Crippen molar-refractivity contribution in [3.8, 4) is 0 Å². The number of rotatable bonds is 7. The van der Waals surface area contributed by atoms with E-state index in [9.17, 15) is 14.4 Å². The van der Waals surface area contributed by atoms with Crippen LogP contribution in [0.2, 0.25) is 0 Å². The smallest absolute Gasteiger partial charge is 0.253 e. The standard InChI is InChI=1S/C24H28N6O3S/c1-14-15(2)34-24-20(14)21(27-13-28-24)30-11-8-16(9-12-30)22(32)29-18-6-4-3-5-17(18)23(33)26-10-7-19(25)31/h3-6,13,16H,7-12H2,1-2H3,(H2,25,31)(H,26,33)(H,29,32). The lowest BCUT2D eigenvalue weighted by Crippen LogP contribution is -2.39. The highest BCUT2D eigenvalue weighted by molar-refractivity contribution is 7.18. The quantitative estimate of drug-likeness (QED) is 0.477. The minimum Gasteiger partial charge on any atom is -0.370 e. The number of carbonyl (C=O) groups is 3. The van der Waals surface area contributed by atoms with Crippen LogP contribution in [0.15, 0.2) is 30.6 Å². The van der Waals surface area contributed by atoms with Crippen LogP contribution in [0.25, 0.3) is 10.2 Å². The van der Waals surface area contributed by atoms with Gasteiger partial charge >= 0.3 is 0 Å². The predicted octanol–water partition coefficient (Wildman–Crippen LogP) is 2.77. The number of nitrogens with zero attached hydrogens (tertiary/aromatic N) is 3. The first-order valence-corrected chi connectivity index (χ1v) is 12.1. The molecule has 1 aromatic carbocycles. The van der Waals surface area contributed by atoms with Gasteiger partial charge in [0.05, 0.1) is 16.6 Å². The van der Waals surface area contributed by atoms with E-state index >= 15 is 0 Å². The Kier molecular flexibility index (Phi) is 7.06. The summed E-state index contributed by atoms with van der Waals surface area (Å²) in [5.74, 6) is -0.178. The van der Waals surface area contributed by atoms with Crippen LogP contribution in [0.4, 0.5) is 11.5 Å². The Bertz CT molecular complexity index is 1230. The summed E-state index contributed by atoms with van der Waals surface area (Å²) in [5.41, 5.74) is 7.13. The first kappa shape index (κ1) is 23.6. The highest BCUT2D eigenvalue weighted by Crippen LogP contribution is 2.35. The van der Waals surface area contributed by atoms with Gasteiger partial charge < -0.3 is 21.3 Å². The molecule has 4 N–H and O–H groups in total. The number of anilines is 2. The lowest BCUT2D eigenvalue weighted by atomic mass is 9.95. The van der Waals surface area contributed by atoms with Crippen LogP contribution >= 0.6 is 11.3 Å². The number of nitrogens with one attached hydrogen (secondary N) is 2. The molecule has 3 aromatic rings. The molecule has 0 saturated carbocycles. The number of amides is 3. The van der Waals surface area contributed by atoms with Gasteiger partial charge in [-0.05, 0) is 44.4 Å². The van der Waals surface area contributed by atoms with Crippen molar-refractivity contribution in [3.63, 3.8) is 0 Å². The topological polar surface area (TPSA) is 130 Å². The minimum atomic E-state index is -0.486. The summed E-state index contributed by atoms with van der Waals surface area (Å²) in [5, 5.41) is 6.68. The van der Waals surface area contributed by atoms with Gasteiger partial charge in [-0.1, -0.05) is 12.1 Å². The van der Waals surface area contributed by atoms with Gasteiger partial charge in [0.2, 0.25) is 11.8 Å². The fraction of sp³-hybridized carbons (Fsp3) is 0.375. The monoisotopic (exact) mass is 480 g/mol. The zero-order valence-corrected chi connectivity index (χ0v) is 20.1. The van der Waals surface area contributed by atoms with Gasteiger partial charge in [0.15, 0.2) is 0 Å². The van der Waals surface area contributed by atoms with Crippen molar-refractivity contribution in [3.05, 3.63) is 46.6 Å². The number of primary amides is 1. The number of benzene rings is 1. The Labute approximate surface area is 201 Å². The summed E-state index contributed by atoms with van der Waals surface area (Å²) in [6, 6.07) is 6.84. The fourth-order valence-corrected chi connectivity index (χ4v) is 5.17. The zero-order valence-electron chi connectivity index (χ0n) is 19.3. The number of thiophene rings is 1. The van der Waals surface area contributed by atoms with E-state index in [1.54, 1.807) is 41.9 Å². The average Bonchev–Trinajstić information content (AvgIpc) is 3.12. The van der Waals surface area contributed by atoms with E-state index in [0.717, 1.165) is 16.0 Å². The van der Waals surface area contributed by atoms with Crippen molar-refractivity contribution < 1.29 is 14.4 Å². The zero-order chi connectivity index (χ0) is 24.2. The lowest BCUT2D eigenvalue weighted by Gasteiger charge is -2.32. The van der Waals surface area contributed by atoms with Crippen LogP contribution in [-0.2, 0) is 9.59 Å². The fourth-order valence-electron chi connectivity index (χ4n) is 4.18. The van der Waals surface area contributed by atoms with Crippen LogP contribution in [0.5, 0.6) is 0 Å². The molecular formula is C24H28N6O3S. The Morgan fingerprint density at radius 1 is 1.15 bits per heavy atom. The molecule has 0 bridgehead atoms. The molecule has 178 valence electrons. The molecule has 0 radical (unpaired) electrons. The molecule has 34 heavy (non-hydrogen) atoms. The Morgan fingerprint density at radius 2 is 1.88 bits per heavy atom. The van der Waals surface area contributed by atoms with Crippen LogP contribution < -0.4 is 21.3 Å². The van der Waals surface area contributed by atoms with E-state index in [0.29, 0.717) is 37.2 Å². The molecule has 1 saturated heterocycles. The molecule has 0 spiro atoms. The van der Waals surface area contributed by atoms with Crippen molar-refractivity contribution in [1.82, 2.24) is 15.3 Å². The van der Waals surface area contributed by atoms with Gasteiger partial charge in [-0.3, -0.25) is 14.4 Å².